The summed E-state index contributed by atoms with van der Waals surface area (Å²) >= 11 is 6.26. The Labute approximate surface area is 204 Å². The smallest absolute Gasteiger partial charge is 0.337 e. The summed E-state index contributed by atoms with van der Waals surface area (Å²) < 4.78 is 40.8. The van der Waals surface area contributed by atoms with Crippen LogP contribution in [0.2, 0.25) is 5.02 Å². The highest BCUT2D eigenvalue weighted by atomic mass is 35.5. The molecule has 5 rings (SSSR count). The molecular weight excluding hydrogens is 476 g/mol. The van der Waals surface area contributed by atoms with Gasteiger partial charge in [-0.2, -0.15) is 5.26 Å². The number of carbonyl (C=O) groups excluding carboxylic acids is 1. The number of hydrogen-bond acceptors (Lipinski definition) is 6. The van der Waals surface area contributed by atoms with Gasteiger partial charge >= 0.3 is 5.97 Å². The Bertz CT molecular complexity index is 1300. The van der Waals surface area contributed by atoms with Gasteiger partial charge in [-0.3, -0.25) is 4.72 Å². The van der Waals surface area contributed by atoms with Crippen molar-refractivity contribution in [2.45, 2.75) is 55.4 Å². The van der Waals surface area contributed by atoms with Gasteiger partial charge in [-0.15, -0.1) is 0 Å². The Morgan fingerprint density at radius 2 is 1.88 bits per heavy atom. The van der Waals surface area contributed by atoms with Crippen LogP contribution in [0.1, 0.15) is 65.9 Å². The van der Waals surface area contributed by atoms with Crippen molar-refractivity contribution in [2.75, 3.05) is 11.8 Å². The van der Waals surface area contributed by atoms with Gasteiger partial charge in [0.15, 0.2) is 0 Å². The second-order valence-electron chi connectivity index (χ2n) is 9.30. The van der Waals surface area contributed by atoms with E-state index in [0.29, 0.717) is 23.1 Å². The molecule has 0 aromatic heterocycles. The van der Waals surface area contributed by atoms with E-state index >= 15 is 0 Å². The lowest BCUT2D eigenvalue weighted by Crippen LogP contribution is -2.38. The molecule has 9 heteroatoms. The summed E-state index contributed by atoms with van der Waals surface area (Å²) in [5.41, 5.74) is 1.11. The van der Waals surface area contributed by atoms with Crippen LogP contribution in [0.15, 0.2) is 35.2 Å². The first-order chi connectivity index (χ1) is 16.3. The monoisotopic (exact) mass is 500 g/mol. The second kappa shape index (κ2) is 8.79. The first-order valence-corrected chi connectivity index (χ1v) is 13.3. The first-order valence-electron chi connectivity index (χ1n) is 11.5. The van der Waals surface area contributed by atoms with E-state index in [1.165, 1.54) is 38.2 Å². The number of methoxy groups -OCH3 is 1. The summed E-state index contributed by atoms with van der Waals surface area (Å²) in [5, 5.41) is 9.66. The second-order valence-corrected chi connectivity index (χ2v) is 11.4. The van der Waals surface area contributed by atoms with Crippen LogP contribution in [0.3, 0.4) is 0 Å². The molecule has 1 N–H and O–H groups in total. The maximum atomic E-state index is 13.6. The molecule has 2 atom stereocenters. The van der Waals surface area contributed by atoms with Crippen LogP contribution in [0.4, 0.5) is 5.69 Å². The minimum Gasteiger partial charge on any atom is -0.488 e. The van der Waals surface area contributed by atoms with Crippen molar-refractivity contribution < 1.29 is 22.7 Å². The third-order valence-electron chi connectivity index (χ3n) is 6.94. The molecule has 2 unspecified atom stereocenters. The zero-order chi connectivity index (χ0) is 24.0. The number of anilines is 1. The van der Waals surface area contributed by atoms with Gasteiger partial charge in [0, 0.05) is 6.07 Å². The van der Waals surface area contributed by atoms with Crippen molar-refractivity contribution in [3.63, 3.8) is 0 Å². The number of nitrogens with zero attached hydrogens (tertiary/aromatic N) is 1. The number of esters is 1. The molecule has 7 nitrogen and oxygen atoms in total. The SMILES string of the molecule is COC(=O)c1ccc(C2CC2)c(S(=O)(=O)Nc2cc(C#N)c(Cl)cc2OC2CCC2C2CC2)c1. The van der Waals surface area contributed by atoms with Crippen LogP contribution in [-0.2, 0) is 14.8 Å². The van der Waals surface area contributed by atoms with Gasteiger partial charge in [-0.1, -0.05) is 17.7 Å². The van der Waals surface area contributed by atoms with E-state index in [1.54, 1.807) is 12.1 Å². The molecule has 3 aliphatic rings. The Morgan fingerprint density at radius 3 is 2.47 bits per heavy atom. The molecule has 0 bridgehead atoms. The third kappa shape index (κ3) is 4.47. The van der Waals surface area contributed by atoms with Crippen LogP contribution in [-0.4, -0.2) is 27.6 Å². The molecule has 2 aromatic carbocycles. The van der Waals surface area contributed by atoms with E-state index in [9.17, 15) is 18.5 Å². The summed E-state index contributed by atoms with van der Waals surface area (Å²) in [7, 11) is -2.86. The molecule has 3 fully saturated rings. The number of halogens is 1. The number of benzene rings is 2. The van der Waals surface area contributed by atoms with Crippen molar-refractivity contribution in [2.24, 2.45) is 11.8 Å². The molecule has 0 saturated heterocycles. The zero-order valence-corrected chi connectivity index (χ0v) is 20.3. The molecule has 34 heavy (non-hydrogen) atoms. The van der Waals surface area contributed by atoms with Gasteiger partial charge in [0.05, 0.1) is 33.8 Å². The fourth-order valence-corrected chi connectivity index (χ4v) is 6.21. The number of rotatable bonds is 8. The van der Waals surface area contributed by atoms with Crippen molar-refractivity contribution >= 4 is 33.3 Å². The number of hydrogen-bond donors (Lipinski definition) is 1. The summed E-state index contributed by atoms with van der Waals surface area (Å²) in [6, 6.07) is 9.51. The highest BCUT2D eigenvalue weighted by molar-refractivity contribution is 7.92. The average Bonchev–Trinajstić information content (AvgIpc) is 3.71. The molecule has 178 valence electrons. The molecule has 0 amide bonds. The Hall–Kier alpha value is -2.76. The number of nitriles is 1. The highest BCUT2D eigenvalue weighted by Gasteiger charge is 2.44. The fraction of sp³-hybridized carbons (Fsp3) is 0.440. The van der Waals surface area contributed by atoms with Crippen LogP contribution in [0.25, 0.3) is 0 Å². The van der Waals surface area contributed by atoms with Gasteiger partial charge in [0.25, 0.3) is 10.0 Å². The molecule has 0 spiro atoms. The minimum absolute atomic E-state index is 0.00411. The number of nitrogens with one attached hydrogen (secondary N) is 1. The Kier molecular flexibility index (Phi) is 5.95. The standard InChI is InChI=1S/C25H25ClN2O5S/c1-32-25(29)16-6-7-19(15-4-5-15)24(11-16)34(30,31)28-21-10-17(13-27)20(26)12-23(21)33-22-9-8-18(22)14-2-3-14/h6-7,10-12,14-15,18,22,28H,2-5,8-9H2,1H3. The van der Waals surface area contributed by atoms with E-state index in [0.717, 1.165) is 25.7 Å². The first kappa shape index (κ1) is 23.0. The van der Waals surface area contributed by atoms with Crippen molar-refractivity contribution in [1.82, 2.24) is 0 Å². The van der Waals surface area contributed by atoms with Gasteiger partial charge in [-0.05, 0) is 80.0 Å². The molecule has 0 radical (unpaired) electrons. The minimum atomic E-state index is -4.11. The Balaban J connectivity index is 1.50. The van der Waals surface area contributed by atoms with Gasteiger partial charge in [0.1, 0.15) is 17.9 Å². The van der Waals surface area contributed by atoms with E-state index in [4.69, 9.17) is 21.1 Å². The maximum Gasteiger partial charge on any atom is 0.337 e. The Morgan fingerprint density at radius 1 is 1.12 bits per heavy atom. The van der Waals surface area contributed by atoms with Crippen molar-refractivity contribution in [3.8, 4) is 11.8 Å². The van der Waals surface area contributed by atoms with Gasteiger partial charge in [0.2, 0.25) is 0 Å². The van der Waals surface area contributed by atoms with Crippen LogP contribution in [0.5, 0.6) is 5.75 Å². The lowest BCUT2D eigenvalue weighted by Gasteiger charge is -2.37. The highest BCUT2D eigenvalue weighted by Crippen LogP contribution is 2.49. The number of sulfonamides is 1. The predicted octanol–water partition coefficient (Wildman–Crippen LogP) is 5.24. The number of carbonyl (C=O) groups is 1. The lowest BCUT2D eigenvalue weighted by atomic mass is 9.78. The summed E-state index contributed by atoms with van der Waals surface area (Å²) in [4.78, 5) is 12.1. The maximum absolute atomic E-state index is 13.6. The molecule has 2 aromatic rings. The lowest BCUT2D eigenvalue weighted by molar-refractivity contribution is 0.0340. The van der Waals surface area contributed by atoms with E-state index in [2.05, 4.69) is 4.72 Å². The normalized spacial score (nSPS) is 21.8. The largest absolute Gasteiger partial charge is 0.488 e. The van der Waals surface area contributed by atoms with Gasteiger partial charge in [-0.25, -0.2) is 13.2 Å². The molecule has 0 heterocycles. The predicted molar refractivity (Wildman–Crippen MR) is 127 cm³/mol. The quantitative estimate of drug-likeness (QED) is 0.496. The number of ether oxygens (including phenoxy) is 2. The van der Waals surface area contributed by atoms with Crippen LogP contribution in [0, 0.1) is 23.2 Å². The summed E-state index contributed by atoms with van der Waals surface area (Å²) in [6.07, 6.45) is 6.20. The average molecular weight is 501 g/mol. The van der Waals surface area contributed by atoms with Crippen LogP contribution >= 0.6 is 11.6 Å². The zero-order valence-electron chi connectivity index (χ0n) is 18.7. The molecule has 3 aliphatic carbocycles. The summed E-state index contributed by atoms with van der Waals surface area (Å²) in [6.45, 7) is 0. The van der Waals surface area contributed by atoms with E-state index in [-0.39, 0.29) is 38.8 Å². The molecule has 0 aliphatic heterocycles. The van der Waals surface area contributed by atoms with Crippen molar-refractivity contribution in [3.05, 3.63) is 52.0 Å². The van der Waals surface area contributed by atoms with Gasteiger partial charge < -0.3 is 9.47 Å². The van der Waals surface area contributed by atoms with E-state index < -0.39 is 16.0 Å². The van der Waals surface area contributed by atoms with Crippen molar-refractivity contribution in [1.29, 1.82) is 5.26 Å². The third-order valence-corrected chi connectivity index (χ3v) is 8.68. The fourth-order valence-electron chi connectivity index (χ4n) is 4.63. The summed E-state index contributed by atoms with van der Waals surface area (Å²) in [5.74, 6) is 0.965. The molecular formula is C25H25ClN2O5S. The topological polar surface area (TPSA) is 105 Å². The molecule has 3 saturated carbocycles. The van der Waals surface area contributed by atoms with E-state index in [1.807, 2.05) is 6.07 Å². The van der Waals surface area contributed by atoms with Crippen LogP contribution < -0.4 is 9.46 Å².